The minimum atomic E-state index is -3.63. The van der Waals surface area contributed by atoms with Crippen LogP contribution in [0, 0.1) is 0 Å². The maximum absolute atomic E-state index is 12.6. The van der Waals surface area contributed by atoms with Gasteiger partial charge in [0.25, 0.3) is 5.56 Å². The highest BCUT2D eigenvalue weighted by atomic mass is 32.2. The summed E-state index contributed by atoms with van der Waals surface area (Å²) in [7, 11) is -3.63. The van der Waals surface area contributed by atoms with Gasteiger partial charge in [-0.2, -0.15) is 9.29 Å². The Hall–Kier alpha value is -2.00. The van der Waals surface area contributed by atoms with Crippen molar-refractivity contribution in [2.24, 2.45) is 0 Å². The third-order valence-corrected chi connectivity index (χ3v) is 5.90. The molecule has 2 aromatic heterocycles. The number of sulfonamides is 1. The fourth-order valence-corrected chi connectivity index (χ4v) is 3.91. The van der Waals surface area contributed by atoms with Gasteiger partial charge in [0, 0.05) is 31.8 Å². The molecule has 0 N–H and O–H groups in total. The van der Waals surface area contributed by atoms with Crippen LogP contribution in [0.1, 0.15) is 45.3 Å². The molecule has 2 rings (SSSR count). The zero-order valence-electron chi connectivity index (χ0n) is 14.8. The molecule has 0 aliphatic heterocycles. The molecule has 0 atom stereocenters. The molecule has 0 bridgehead atoms. The molecule has 0 fully saturated rings. The molecule has 2 heterocycles. The first kappa shape index (κ1) is 19.3. The van der Waals surface area contributed by atoms with E-state index in [9.17, 15) is 13.2 Å². The average Bonchev–Trinajstić information content (AvgIpc) is 3.03. The molecule has 0 aliphatic rings. The topological polar surface area (TPSA) is 98.3 Å². The average molecular weight is 368 g/mol. The van der Waals surface area contributed by atoms with Gasteiger partial charge in [-0.1, -0.05) is 32.3 Å². The number of unbranched alkanes of at least 4 members (excludes halogenated alkanes) is 1. The molecule has 0 unspecified atom stereocenters. The van der Waals surface area contributed by atoms with Crippen molar-refractivity contribution in [3.63, 3.8) is 0 Å². The minimum Gasteiger partial charge on any atom is -0.339 e. The Bertz CT molecular complexity index is 853. The second kappa shape index (κ2) is 8.39. The second-order valence-electron chi connectivity index (χ2n) is 5.63. The summed E-state index contributed by atoms with van der Waals surface area (Å²) in [5.74, 6) is 0.877. The lowest BCUT2D eigenvalue weighted by Crippen LogP contribution is -2.32. The van der Waals surface area contributed by atoms with Crippen LogP contribution in [0.15, 0.2) is 32.5 Å². The summed E-state index contributed by atoms with van der Waals surface area (Å²) in [6, 6.07) is 2.57. The number of nitrogens with zero attached hydrogens (tertiary/aromatic N) is 4. The van der Waals surface area contributed by atoms with Gasteiger partial charge in [0.2, 0.25) is 15.9 Å². The SMILES string of the molecule is CCCCc1nc(Cn2cc(S(=O)(=O)N(CC)CC)ccc2=O)no1. The first-order valence-electron chi connectivity index (χ1n) is 8.44. The van der Waals surface area contributed by atoms with E-state index in [0.29, 0.717) is 31.2 Å². The molecule has 0 saturated carbocycles. The maximum atomic E-state index is 12.6. The van der Waals surface area contributed by atoms with Crippen LogP contribution in [0.3, 0.4) is 0 Å². The van der Waals surface area contributed by atoms with Crippen LogP contribution < -0.4 is 5.56 Å². The van der Waals surface area contributed by atoms with E-state index in [-0.39, 0.29) is 17.0 Å². The molecule has 9 heteroatoms. The zero-order valence-corrected chi connectivity index (χ0v) is 15.6. The fraction of sp³-hybridized carbons (Fsp3) is 0.562. The Morgan fingerprint density at radius 1 is 1.20 bits per heavy atom. The quantitative estimate of drug-likeness (QED) is 0.667. The van der Waals surface area contributed by atoms with Crippen LogP contribution in [0.2, 0.25) is 0 Å². The molecular formula is C16H24N4O4S. The van der Waals surface area contributed by atoms with Crippen molar-refractivity contribution < 1.29 is 12.9 Å². The van der Waals surface area contributed by atoms with Gasteiger partial charge in [0.05, 0.1) is 11.4 Å². The number of hydrogen-bond acceptors (Lipinski definition) is 6. The van der Waals surface area contributed by atoms with Gasteiger partial charge in [-0.3, -0.25) is 4.79 Å². The maximum Gasteiger partial charge on any atom is 0.251 e. The van der Waals surface area contributed by atoms with Crippen molar-refractivity contribution in [1.29, 1.82) is 0 Å². The Labute approximate surface area is 147 Å². The Kier molecular flexibility index (Phi) is 6.49. The van der Waals surface area contributed by atoms with Crippen molar-refractivity contribution in [2.45, 2.75) is 51.5 Å². The number of aryl methyl sites for hydroxylation is 1. The first-order valence-corrected chi connectivity index (χ1v) is 9.88. The van der Waals surface area contributed by atoms with Crippen molar-refractivity contribution >= 4 is 10.0 Å². The van der Waals surface area contributed by atoms with E-state index in [1.54, 1.807) is 13.8 Å². The fourth-order valence-electron chi connectivity index (χ4n) is 2.43. The number of rotatable bonds is 9. The highest BCUT2D eigenvalue weighted by Gasteiger charge is 2.22. The zero-order chi connectivity index (χ0) is 18.4. The van der Waals surface area contributed by atoms with Gasteiger partial charge in [-0.25, -0.2) is 8.42 Å². The van der Waals surface area contributed by atoms with Gasteiger partial charge in [0.15, 0.2) is 5.82 Å². The van der Waals surface area contributed by atoms with Crippen LogP contribution in [0.5, 0.6) is 0 Å². The lowest BCUT2D eigenvalue weighted by Gasteiger charge is -2.18. The number of pyridine rings is 1. The first-order chi connectivity index (χ1) is 11.9. The summed E-state index contributed by atoms with van der Waals surface area (Å²) >= 11 is 0. The normalized spacial score (nSPS) is 12.0. The summed E-state index contributed by atoms with van der Waals surface area (Å²) in [6.07, 6.45) is 3.98. The van der Waals surface area contributed by atoms with Crippen LogP contribution in [0.4, 0.5) is 0 Å². The van der Waals surface area contributed by atoms with Gasteiger partial charge < -0.3 is 9.09 Å². The van der Waals surface area contributed by atoms with E-state index < -0.39 is 10.0 Å². The second-order valence-corrected chi connectivity index (χ2v) is 7.57. The van der Waals surface area contributed by atoms with E-state index in [0.717, 1.165) is 12.8 Å². The van der Waals surface area contributed by atoms with Crippen molar-refractivity contribution in [2.75, 3.05) is 13.1 Å². The van der Waals surface area contributed by atoms with Crippen LogP contribution >= 0.6 is 0 Å². The summed E-state index contributed by atoms with van der Waals surface area (Å²) in [5, 5.41) is 3.86. The summed E-state index contributed by atoms with van der Waals surface area (Å²) in [5.41, 5.74) is -0.321. The Morgan fingerprint density at radius 2 is 1.92 bits per heavy atom. The summed E-state index contributed by atoms with van der Waals surface area (Å²) in [4.78, 5) is 16.4. The van der Waals surface area contributed by atoms with E-state index in [1.807, 2.05) is 0 Å². The number of hydrogen-bond donors (Lipinski definition) is 0. The van der Waals surface area contributed by atoms with E-state index in [1.165, 1.54) is 27.2 Å². The van der Waals surface area contributed by atoms with Crippen LogP contribution in [-0.4, -0.2) is 40.5 Å². The molecule has 2 aromatic rings. The lowest BCUT2D eigenvalue weighted by atomic mass is 10.2. The van der Waals surface area contributed by atoms with Crippen molar-refractivity contribution in [3.05, 3.63) is 40.4 Å². The third-order valence-electron chi connectivity index (χ3n) is 3.87. The molecule has 0 amide bonds. The minimum absolute atomic E-state index is 0.0655. The van der Waals surface area contributed by atoms with Crippen LogP contribution in [0.25, 0.3) is 0 Å². The molecule has 138 valence electrons. The monoisotopic (exact) mass is 368 g/mol. The van der Waals surface area contributed by atoms with Crippen LogP contribution in [-0.2, 0) is 23.0 Å². The van der Waals surface area contributed by atoms with E-state index in [2.05, 4.69) is 17.1 Å². The highest BCUT2D eigenvalue weighted by molar-refractivity contribution is 7.89. The Morgan fingerprint density at radius 3 is 2.56 bits per heavy atom. The summed E-state index contributed by atoms with van der Waals surface area (Å²) in [6.45, 7) is 6.41. The molecule has 0 aromatic carbocycles. The smallest absolute Gasteiger partial charge is 0.251 e. The molecule has 0 spiro atoms. The highest BCUT2D eigenvalue weighted by Crippen LogP contribution is 2.14. The van der Waals surface area contributed by atoms with E-state index >= 15 is 0 Å². The Balaban J connectivity index is 2.27. The molecular weight excluding hydrogens is 344 g/mol. The largest absolute Gasteiger partial charge is 0.339 e. The lowest BCUT2D eigenvalue weighted by molar-refractivity contribution is 0.369. The third kappa shape index (κ3) is 4.55. The predicted molar refractivity (Wildman–Crippen MR) is 92.8 cm³/mol. The number of aromatic nitrogens is 3. The summed E-state index contributed by atoms with van der Waals surface area (Å²) < 4.78 is 33.0. The van der Waals surface area contributed by atoms with Gasteiger partial charge in [-0.15, -0.1) is 0 Å². The van der Waals surface area contributed by atoms with Gasteiger partial charge in [-0.05, 0) is 12.5 Å². The van der Waals surface area contributed by atoms with Gasteiger partial charge in [0.1, 0.15) is 0 Å². The molecule has 8 nitrogen and oxygen atoms in total. The van der Waals surface area contributed by atoms with Crippen molar-refractivity contribution in [3.8, 4) is 0 Å². The van der Waals surface area contributed by atoms with Gasteiger partial charge >= 0.3 is 0 Å². The standard InChI is InChI=1S/C16H24N4O4S/c1-4-7-8-15-17-14(18-24-15)12-19-11-13(9-10-16(19)21)25(22,23)20(5-2)6-3/h9-11H,4-8,12H2,1-3H3. The van der Waals surface area contributed by atoms with Crippen molar-refractivity contribution in [1.82, 2.24) is 19.0 Å². The molecule has 0 aliphatic carbocycles. The molecule has 0 radical (unpaired) electrons. The molecule has 25 heavy (non-hydrogen) atoms. The van der Waals surface area contributed by atoms with E-state index in [4.69, 9.17) is 4.52 Å². The molecule has 0 saturated heterocycles. The predicted octanol–water partition coefficient (Wildman–Crippen LogP) is 1.65.